The van der Waals surface area contributed by atoms with Crippen molar-refractivity contribution in [2.24, 2.45) is 0 Å². The Kier molecular flexibility index (Phi) is 4.96. The number of methoxy groups -OCH3 is 1. The van der Waals surface area contributed by atoms with Crippen LogP contribution in [0, 0.1) is 21.4 Å². The molecule has 2 aromatic rings. The van der Waals surface area contributed by atoms with Gasteiger partial charge in [0.25, 0.3) is 11.2 Å². The van der Waals surface area contributed by atoms with Crippen molar-refractivity contribution >= 4 is 23.1 Å². The molecular weight excluding hydrogens is 338 g/mol. The van der Waals surface area contributed by atoms with Crippen LogP contribution >= 0.6 is 11.6 Å². The Labute approximate surface area is 140 Å². The van der Waals surface area contributed by atoms with E-state index in [4.69, 9.17) is 21.6 Å². The summed E-state index contributed by atoms with van der Waals surface area (Å²) < 4.78 is 5.81. The Morgan fingerprint density at radius 3 is 2.71 bits per heavy atom. The summed E-state index contributed by atoms with van der Waals surface area (Å²) in [5, 5.41) is 20.0. The lowest BCUT2D eigenvalue weighted by Crippen LogP contribution is -2.26. The highest BCUT2D eigenvalue weighted by Crippen LogP contribution is 2.25. The zero-order valence-corrected chi connectivity index (χ0v) is 13.1. The van der Waals surface area contributed by atoms with Gasteiger partial charge in [0.05, 0.1) is 29.8 Å². The van der Waals surface area contributed by atoms with E-state index in [2.05, 4.69) is 0 Å². The molecule has 0 atom stereocenters. The van der Waals surface area contributed by atoms with Gasteiger partial charge in [-0.2, -0.15) is 5.26 Å². The fourth-order valence-corrected chi connectivity index (χ4v) is 2.26. The van der Waals surface area contributed by atoms with Crippen LogP contribution in [0.4, 0.5) is 5.69 Å². The summed E-state index contributed by atoms with van der Waals surface area (Å²) in [4.78, 5) is 34.4. The lowest BCUT2D eigenvalue weighted by Gasteiger charge is -2.08. The first-order chi connectivity index (χ1) is 11.4. The highest BCUT2D eigenvalue weighted by atomic mass is 35.5. The third kappa shape index (κ3) is 3.42. The molecule has 0 aliphatic rings. The Bertz CT molecular complexity index is 930. The zero-order valence-electron chi connectivity index (χ0n) is 12.4. The predicted octanol–water partition coefficient (Wildman–Crippen LogP) is 2.17. The number of ketones is 1. The Balaban J connectivity index is 2.40. The SMILES string of the molecule is COc1ccc(C(=O)Cn2cc([N+](=O)[O-])cc(C#N)c2=O)cc1Cl. The van der Waals surface area contributed by atoms with Crippen LogP contribution in [0.5, 0.6) is 5.75 Å². The summed E-state index contributed by atoms with van der Waals surface area (Å²) in [5.74, 6) is -0.112. The Morgan fingerprint density at radius 1 is 1.46 bits per heavy atom. The molecule has 0 radical (unpaired) electrons. The molecule has 0 unspecified atom stereocenters. The van der Waals surface area contributed by atoms with E-state index in [1.807, 2.05) is 0 Å². The topological polar surface area (TPSA) is 115 Å². The minimum absolute atomic E-state index is 0.206. The highest BCUT2D eigenvalue weighted by Gasteiger charge is 2.17. The molecule has 0 aliphatic heterocycles. The van der Waals surface area contributed by atoms with Gasteiger partial charge in [-0.05, 0) is 18.2 Å². The van der Waals surface area contributed by atoms with E-state index in [1.165, 1.54) is 25.3 Å². The van der Waals surface area contributed by atoms with Gasteiger partial charge < -0.3 is 4.74 Å². The van der Waals surface area contributed by atoms with Crippen LogP contribution in [0.1, 0.15) is 15.9 Å². The standard InChI is InChI=1S/C15H10ClN3O5/c1-24-14-3-2-9(5-12(14)16)13(20)8-18-7-11(19(22)23)4-10(6-17)15(18)21/h2-5,7H,8H2,1H3. The van der Waals surface area contributed by atoms with Crippen molar-refractivity contribution in [2.45, 2.75) is 6.54 Å². The van der Waals surface area contributed by atoms with E-state index in [-0.39, 0.29) is 10.6 Å². The van der Waals surface area contributed by atoms with Gasteiger partial charge in [-0.1, -0.05) is 11.6 Å². The van der Waals surface area contributed by atoms with Crippen molar-refractivity contribution in [1.82, 2.24) is 4.57 Å². The lowest BCUT2D eigenvalue weighted by atomic mass is 10.1. The average molecular weight is 348 g/mol. The molecule has 0 saturated carbocycles. The van der Waals surface area contributed by atoms with Gasteiger partial charge in [0.1, 0.15) is 17.4 Å². The van der Waals surface area contributed by atoms with Crippen LogP contribution in [0.2, 0.25) is 5.02 Å². The van der Waals surface area contributed by atoms with Crippen LogP contribution < -0.4 is 10.3 Å². The number of nitro groups is 1. The maximum absolute atomic E-state index is 12.3. The van der Waals surface area contributed by atoms with Crippen LogP contribution in [0.3, 0.4) is 0 Å². The summed E-state index contributed by atoms with van der Waals surface area (Å²) in [5.41, 5.74) is -1.44. The van der Waals surface area contributed by atoms with Crippen molar-refractivity contribution < 1.29 is 14.5 Å². The van der Waals surface area contributed by atoms with E-state index < -0.39 is 34.1 Å². The molecule has 24 heavy (non-hydrogen) atoms. The van der Waals surface area contributed by atoms with E-state index >= 15 is 0 Å². The fraction of sp³-hybridized carbons (Fsp3) is 0.133. The number of rotatable bonds is 5. The van der Waals surface area contributed by atoms with E-state index in [1.54, 1.807) is 6.07 Å². The first-order valence-electron chi connectivity index (χ1n) is 6.53. The second kappa shape index (κ2) is 6.93. The normalized spacial score (nSPS) is 10.0. The Morgan fingerprint density at radius 2 is 2.17 bits per heavy atom. The first kappa shape index (κ1) is 17.2. The van der Waals surface area contributed by atoms with Crippen molar-refractivity contribution in [1.29, 1.82) is 5.26 Å². The van der Waals surface area contributed by atoms with Crippen LogP contribution in [0.15, 0.2) is 35.3 Å². The number of hydrogen-bond donors (Lipinski definition) is 0. The van der Waals surface area contributed by atoms with Crippen LogP contribution in [-0.4, -0.2) is 22.4 Å². The molecule has 0 aliphatic carbocycles. The zero-order chi connectivity index (χ0) is 17.9. The lowest BCUT2D eigenvalue weighted by molar-refractivity contribution is -0.385. The second-order valence-electron chi connectivity index (χ2n) is 4.69. The number of ether oxygens (including phenoxy) is 1. The minimum atomic E-state index is -0.781. The monoisotopic (exact) mass is 347 g/mol. The average Bonchev–Trinajstić information content (AvgIpc) is 2.56. The van der Waals surface area contributed by atoms with E-state index in [0.29, 0.717) is 5.75 Å². The number of nitriles is 1. The molecule has 1 heterocycles. The van der Waals surface area contributed by atoms with Gasteiger partial charge in [0.15, 0.2) is 5.78 Å². The van der Waals surface area contributed by atoms with Gasteiger partial charge in [-0.25, -0.2) is 0 Å². The molecule has 0 bridgehead atoms. The van der Waals surface area contributed by atoms with Gasteiger partial charge in [0, 0.05) is 11.6 Å². The predicted molar refractivity (Wildman–Crippen MR) is 84.4 cm³/mol. The number of pyridine rings is 1. The van der Waals surface area contributed by atoms with Crippen molar-refractivity contribution in [2.75, 3.05) is 7.11 Å². The molecule has 8 nitrogen and oxygen atoms in total. The Hall–Kier alpha value is -3.18. The first-order valence-corrected chi connectivity index (χ1v) is 6.91. The number of aromatic nitrogens is 1. The molecule has 122 valence electrons. The maximum atomic E-state index is 12.3. The third-order valence-electron chi connectivity index (χ3n) is 3.19. The van der Waals surface area contributed by atoms with E-state index in [9.17, 15) is 19.7 Å². The number of Topliss-reactive ketones (excluding diaryl/α,β-unsaturated/α-hetero) is 1. The second-order valence-corrected chi connectivity index (χ2v) is 5.09. The van der Waals surface area contributed by atoms with Crippen LogP contribution in [-0.2, 0) is 6.54 Å². The minimum Gasteiger partial charge on any atom is -0.495 e. The number of carbonyl (C=O) groups is 1. The summed E-state index contributed by atoms with van der Waals surface area (Å²) >= 11 is 5.94. The van der Waals surface area contributed by atoms with Crippen LogP contribution in [0.25, 0.3) is 0 Å². The number of benzene rings is 1. The number of nitrogens with zero attached hydrogens (tertiary/aromatic N) is 3. The molecular formula is C15H10ClN3O5. The molecule has 0 fully saturated rings. The number of halogens is 1. The van der Waals surface area contributed by atoms with Crippen molar-refractivity contribution in [3.8, 4) is 11.8 Å². The fourth-order valence-electron chi connectivity index (χ4n) is 2.00. The van der Waals surface area contributed by atoms with E-state index in [0.717, 1.165) is 16.8 Å². The molecule has 2 rings (SSSR count). The number of carbonyl (C=O) groups excluding carboxylic acids is 1. The summed E-state index contributed by atoms with van der Waals surface area (Å²) in [7, 11) is 1.43. The quantitative estimate of drug-likeness (QED) is 0.465. The largest absolute Gasteiger partial charge is 0.495 e. The molecule has 0 spiro atoms. The highest BCUT2D eigenvalue weighted by molar-refractivity contribution is 6.32. The van der Waals surface area contributed by atoms with Gasteiger partial charge in [-0.3, -0.25) is 24.3 Å². The summed E-state index contributed by atoms with van der Waals surface area (Å²) in [6.45, 7) is -0.460. The summed E-state index contributed by atoms with van der Waals surface area (Å²) in [6.07, 6.45) is 0.923. The third-order valence-corrected chi connectivity index (χ3v) is 3.49. The molecule has 9 heteroatoms. The molecule has 0 saturated heterocycles. The number of hydrogen-bond acceptors (Lipinski definition) is 6. The molecule has 0 N–H and O–H groups in total. The van der Waals surface area contributed by atoms with Crippen molar-refractivity contribution in [3.05, 3.63) is 67.1 Å². The van der Waals surface area contributed by atoms with Gasteiger partial charge in [0.2, 0.25) is 0 Å². The van der Waals surface area contributed by atoms with Crippen molar-refractivity contribution in [3.63, 3.8) is 0 Å². The van der Waals surface area contributed by atoms with Gasteiger partial charge in [-0.15, -0.1) is 0 Å². The molecule has 1 aromatic heterocycles. The smallest absolute Gasteiger partial charge is 0.287 e. The summed E-state index contributed by atoms with van der Waals surface area (Å²) in [6, 6.07) is 6.77. The van der Waals surface area contributed by atoms with Gasteiger partial charge >= 0.3 is 0 Å². The molecule has 0 amide bonds. The molecule has 1 aromatic carbocycles. The maximum Gasteiger partial charge on any atom is 0.287 e.